The molecule has 122 valence electrons. The topological polar surface area (TPSA) is 85.6 Å². The normalized spacial score (nSPS) is 16.8. The Hall–Kier alpha value is -2.83. The van der Waals surface area contributed by atoms with Gasteiger partial charge in [-0.1, -0.05) is 19.1 Å². The monoisotopic (exact) mass is 322 g/mol. The Balaban J connectivity index is 1.51. The fraction of sp³-hybridized carbons (Fsp3) is 0.353. The Morgan fingerprint density at radius 2 is 2.12 bits per heavy atom. The van der Waals surface area contributed by atoms with E-state index in [-0.39, 0.29) is 11.9 Å². The number of carbonyl (C=O) groups excluding carboxylic acids is 1. The minimum absolute atomic E-state index is 0.0552. The lowest BCUT2D eigenvalue weighted by Gasteiger charge is -2.25. The number of para-hydroxylation sites is 2. The van der Waals surface area contributed by atoms with Crippen molar-refractivity contribution in [3.05, 3.63) is 47.8 Å². The minimum atomic E-state index is -0.187. The Bertz CT molecular complexity index is 889. The molecule has 1 amide bonds. The number of nitrogens with one attached hydrogen (secondary N) is 1. The fourth-order valence-corrected chi connectivity index (χ4v) is 3.09. The van der Waals surface area contributed by atoms with Gasteiger partial charge in [-0.05, 0) is 18.6 Å². The number of fused-ring (bicyclic) bond motifs is 2. The lowest BCUT2D eigenvalue weighted by molar-refractivity contribution is 0.0922. The first-order chi connectivity index (χ1) is 11.7. The van der Waals surface area contributed by atoms with Crippen LogP contribution in [0.5, 0.6) is 0 Å². The van der Waals surface area contributed by atoms with E-state index in [0.717, 1.165) is 41.9 Å². The third-order valence-corrected chi connectivity index (χ3v) is 4.36. The van der Waals surface area contributed by atoms with Gasteiger partial charge in [0.25, 0.3) is 5.91 Å². The van der Waals surface area contributed by atoms with Gasteiger partial charge in [-0.15, -0.1) is 10.2 Å². The first-order valence-corrected chi connectivity index (χ1v) is 8.18. The first-order valence-electron chi connectivity index (χ1n) is 8.18. The lowest BCUT2D eigenvalue weighted by atomic mass is 10.1. The molecule has 1 aliphatic rings. The number of aromatic nitrogens is 5. The molecule has 3 heterocycles. The molecule has 0 bridgehead atoms. The SMILES string of the molecule is CCc1nnc2n1C[C@@H](NC(=O)c1cnc3ccccc3n1)CC2. The van der Waals surface area contributed by atoms with Crippen LogP contribution in [0.15, 0.2) is 30.5 Å². The molecule has 3 aromatic rings. The molecule has 7 heteroatoms. The zero-order chi connectivity index (χ0) is 16.5. The standard InChI is InChI=1S/C17H18N6O/c1-2-15-21-22-16-8-7-11(10-23(15)16)19-17(24)14-9-18-12-5-3-4-6-13(12)20-14/h3-6,9,11H,2,7-8,10H2,1H3,(H,19,24)/t11-/m0/s1. The summed E-state index contributed by atoms with van der Waals surface area (Å²) in [6.07, 6.45) is 4.04. The zero-order valence-corrected chi connectivity index (χ0v) is 13.4. The average Bonchev–Trinajstić information content (AvgIpc) is 3.03. The second-order valence-corrected chi connectivity index (χ2v) is 5.95. The predicted molar refractivity (Wildman–Crippen MR) is 88.5 cm³/mol. The summed E-state index contributed by atoms with van der Waals surface area (Å²) >= 11 is 0. The Morgan fingerprint density at radius 3 is 2.96 bits per heavy atom. The molecule has 0 saturated heterocycles. The molecule has 1 N–H and O–H groups in total. The number of hydrogen-bond acceptors (Lipinski definition) is 5. The Morgan fingerprint density at radius 1 is 1.29 bits per heavy atom. The van der Waals surface area contributed by atoms with E-state index in [4.69, 9.17) is 0 Å². The van der Waals surface area contributed by atoms with Crippen LogP contribution in [0, 0.1) is 0 Å². The van der Waals surface area contributed by atoms with E-state index in [9.17, 15) is 4.79 Å². The van der Waals surface area contributed by atoms with Crippen molar-refractivity contribution in [1.82, 2.24) is 30.0 Å². The van der Waals surface area contributed by atoms with Crippen molar-refractivity contribution < 1.29 is 4.79 Å². The van der Waals surface area contributed by atoms with Crippen LogP contribution in [0.2, 0.25) is 0 Å². The summed E-state index contributed by atoms with van der Waals surface area (Å²) in [5.41, 5.74) is 1.86. The van der Waals surface area contributed by atoms with Crippen LogP contribution in [-0.2, 0) is 19.4 Å². The maximum absolute atomic E-state index is 12.5. The first kappa shape index (κ1) is 14.7. The molecule has 0 radical (unpaired) electrons. The van der Waals surface area contributed by atoms with Crippen LogP contribution >= 0.6 is 0 Å². The van der Waals surface area contributed by atoms with Crippen molar-refractivity contribution in [3.8, 4) is 0 Å². The third-order valence-electron chi connectivity index (χ3n) is 4.36. The van der Waals surface area contributed by atoms with E-state index >= 15 is 0 Å². The second-order valence-electron chi connectivity index (χ2n) is 5.95. The highest BCUT2D eigenvalue weighted by Crippen LogP contribution is 2.16. The molecule has 0 aliphatic carbocycles. The second kappa shape index (κ2) is 5.99. The number of amides is 1. The molecular formula is C17H18N6O. The number of rotatable bonds is 3. The molecule has 2 aromatic heterocycles. The van der Waals surface area contributed by atoms with Crippen LogP contribution in [0.25, 0.3) is 11.0 Å². The Labute approximate surface area is 139 Å². The van der Waals surface area contributed by atoms with Gasteiger partial charge in [0.05, 0.1) is 17.2 Å². The highest BCUT2D eigenvalue weighted by molar-refractivity contribution is 5.93. The molecule has 7 nitrogen and oxygen atoms in total. The minimum Gasteiger partial charge on any atom is -0.346 e. The summed E-state index contributed by atoms with van der Waals surface area (Å²) in [7, 11) is 0. The molecular weight excluding hydrogens is 304 g/mol. The maximum atomic E-state index is 12.5. The largest absolute Gasteiger partial charge is 0.346 e. The molecule has 0 spiro atoms. The lowest BCUT2D eigenvalue weighted by Crippen LogP contribution is -2.41. The van der Waals surface area contributed by atoms with Crippen molar-refractivity contribution >= 4 is 16.9 Å². The van der Waals surface area contributed by atoms with E-state index in [1.165, 1.54) is 6.20 Å². The maximum Gasteiger partial charge on any atom is 0.271 e. The number of aryl methyl sites for hydroxylation is 2. The molecule has 0 fully saturated rings. The van der Waals surface area contributed by atoms with Gasteiger partial charge >= 0.3 is 0 Å². The number of benzene rings is 1. The van der Waals surface area contributed by atoms with Crippen LogP contribution < -0.4 is 5.32 Å². The van der Waals surface area contributed by atoms with Gasteiger partial charge < -0.3 is 9.88 Å². The van der Waals surface area contributed by atoms with Gasteiger partial charge in [-0.2, -0.15) is 0 Å². The van der Waals surface area contributed by atoms with Crippen LogP contribution in [0.4, 0.5) is 0 Å². The molecule has 24 heavy (non-hydrogen) atoms. The van der Waals surface area contributed by atoms with E-state index < -0.39 is 0 Å². The average molecular weight is 322 g/mol. The van der Waals surface area contributed by atoms with Gasteiger partial charge in [-0.25, -0.2) is 4.98 Å². The van der Waals surface area contributed by atoms with Crippen LogP contribution in [-0.4, -0.2) is 36.7 Å². The molecule has 0 saturated carbocycles. The quantitative estimate of drug-likeness (QED) is 0.790. The molecule has 1 aliphatic heterocycles. The molecule has 4 rings (SSSR count). The van der Waals surface area contributed by atoms with Gasteiger partial charge in [0.15, 0.2) is 0 Å². The fourth-order valence-electron chi connectivity index (χ4n) is 3.09. The van der Waals surface area contributed by atoms with Crippen molar-refractivity contribution in [2.24, 2.45) is 0 Å². The van der Waals surface area contributed by atoms with Crippen molar-refractivity contribution in [2.45, 2.75) is 38.8 Å². The van der Waals surface area contributed by atoms with Crippen LogP contribution in [0.1, 0.15) is 35.5 Å². The van der Waals surface area contributed by atoms with E-state index in [1.807, 2.05) is 24.3 Å². The number of nitrogens with zero attached hydrogens (tertiary/aromatic N) is 5. The molecule has 1 atom stereocenters. The summed E-state index contributed by atoms with van der Waals surface area (Å²) in [4.78, 5) is 21.2. The zero-order valence-electron chi connectivity index (χ0n) is 13.4. The van der Waals surface area contributed by atoms with Gasteiger partial charge in [-0.3, -0.25) is 9.78 Å². The predicted octanol–water partition coefficient (Wildman–Crippen LogP) is 1.53. The third kappa shape index (κ3) is 2.62. The van der Waals surface area contributed by atoms with Gasteiger partial charge in [0.2, 0.25) is 0 Å². The summed E-state index contributed by atoms with van der Waals surface area (Å²) in [5, 5.41) is 11.5. The van der Waals surface area contributed by atoms with E-state index in [2.05, 4.69) is 37.0 Å². The highest BCUT2D eigenvalue weighted by Gasteiger charge is 2.24. The molecule has 0 unspecified atom stereocenters. The van der Waals surface area contributed by atoms with Gasteiger partial charge in [0, 0.05) is 25.4 Å². The highest BCUT2D eigenvalue weighted by atomic mass is 16.2. The van der Waals surface area contributed by atoms with E-state index in [1.54, 1.807) is 0 Å². The van der Waals surface area contributed by atoms with Gasteiger partial charge in [0.1, 0.15) is 17.3 Å². The molecule has 1 aromatic carbocycles. The Kier molecular flexibility index (Phi) is 3.68. The van der Waals surface area contributed by atoms with E-state index in [0.29, 0.717) is 12.2 Å². The smallest absolute Gasteiger partial charge is 0.271 e. The summed E-state index contributed by atoms with van der Waals surface area (Å²) in [5.74, 6) is 1.78. The number of carbonyl (C=O) groups is 1. The summed E-state index contributed by atoms with van der Waals surface area (Å²) < 4.78 is 2.11. The number of hydrogen-bond donors (Lipinski definition) is 1. The summed E-state index contributed by atoms with van der Waals surface area (Å²) in [6, 6.07) is 7.59. The van der Waals surface area contributed by atoms with Crippen LogP contribution in [0.3, 0.4) is 0 Å². The van der Waals surface area contributed by atoms with Crippen molar-refractivity contribution in [1.29, 1.82) is 0 Å². The van der Waals surface area contributed by atoms with Crippen molar-refractivity contribution in [2.75, 3.05) is 0 Å². The summed E-state index contributed by atoms with van der Waals surface area (Å²) in [6.45, 7) is 2.77. The van der Waals surface area contributed by atoms with Crippen molar-refractivity contribution in [3.63, 3.8) is 0 Å².